The zero-order chi connectivity index (χ0) is 55.2. The molecule has 400 valence electrons. The number of nitrogen functional groups attached to an aromatic ring is 1. The first kappa shape index (κ1) is 59.1. The monoisotopic (exact) mass is 1060 g/mol. The van der Waals surface area contributed by atoms with Crippen LogP contribution in [0.15, 0.2) is 40.2 Å². The molecule has 0 bridgehead atoms. The van der Waals surface area contributed by atoms with Crippen LogP contribution in [-0.2, 0) is 54.5 Å². The molecule has 0 radical (unpaired) electrons. The van der Waals surface area contributed by atoms with E-state index in [0.29, 0.717) is 11.4 Å². The number of carboxylic acids is 5. The summed E-state index contributed by atoms with van der Waals surface area (Å²) in [4.78, 5) is 169. The number of fused-ring (bicyclic) bond motifs is 1. The van der Waals surface area contributed by atoms with Gasteiger partial charge in [0.15, 0.2) is 17.1 Å². The van der Waals surface area contributed by atoms with Gasteiger partial charge in [-0.25, -0.2) is 19.6 Å². The highest BCUT2D eigenvalue weighted by Gasteiger charge is 2.34. The highest BCUT2D eigenvalue weighted by Crippen LogP contribution is 2.13. The molecule has 74 heavy (non-hydrogen) atoms. The SMILES string of the molecule is NC(N)=NCCC[C@H](NC(=O)[C@H](CCC(=O)O)NC(=O)CC[C@H](NC(=O)c1ccc(NCc2cnc3nc(N)[nH]c(=O)c3n2)cc1)C(=O)O)C(=O)N[C@@H](CC(=O)O)C(=O)N[C@@H](CC(=O)O)C(=O)N[C@@H](CS)C(=O)O. The van der Waals surface area contributed by atoms with Gasteiger partial charge in [0.2, 0.25) is 35.5 Å². The van der Waals surface area contributed by atoms with Gasteiger partial charge in [-0.05, 0) is 49.9 Å². The predicted octanol–water partition coefficient (Wildman–Crippen LogP) is -4.82. The van der Waals surface area contributed by atoms with Gasteiger partial charge in [-0.2, -0.15) is 17.6 Å². The van der Waals surface area contributed by atoms with Crippen LogP contribution < -0.4 is 60.0 Å². The summed E-state index contributed by atoms with van der Waals surface area (Å²) >= 11 is 3.79. The molecule has 0 unspecified atom stereocenters. The van der Waals surface area contributed by atoms with Gasteiger partial charge in [0.1, 0.15) is 36.3 Å². The Hall–Kier alpha value is -9.17. The number of aromatic nitrogens is 4. The summed E-state index contributed by atoms with van der Waals surface area (Å²) in [7, 11) is 0. The second kappa shape index (κ2) is 28.6. The molecule has 0 fully saturated rings. The molecule has 3 aromatic rings. The Kier molecular flexibility index (Phi) is 22.9. The second-order valence-electron chi connectivity index (χ2n) is 15.8. The first-order chi connectivity index (χ1) is 34.9. The number of aliphatic carboxylic acids is 5. The van der Waals surface area contributed by atoms with Crippen LogP contribution in [0, 0.1) is 0 Å². The molecule has 0 aliphatic rings. The Labute approximate surface area is 421 Å². The van der Waals surface area contributed by atoms with E-state index in [2.05, 4.69) is 64.1 Å². The number of carbonyl (C=O) groups excluding carboxylic acids is 6. The van der Waals surface area contributed by atoms with Gasteiger partial charge in [-0.1, -0.05) is 0 Å². The van der Waals surface area contributed by atoms with Gasteiger partial charge in [0.05, 0.1) is 31.3 Å². The predicted molar refractivity (Wildman–Crippen MR) is 257 cm³/mol. The van der Waals surface area contributed by atoms with Crippen molar-refractivity contribution in [3.63, 3.8) is 0 Å². The number of hydrogen-bond donors (Lipinski definition) is 17. The normalized spacial score (nSPS) is 13.2. The van der Waals surface area contributed by atoms with Gasteiger partial charge < -0.3 is 80.0 Å². The summed E-state index contributed by atoms with van der Waals surface area (Å²) in [5, 5.41) is 63.3. The molecule has 0 saturated heterocycles. The summed E-state index contributed by atoms with van der Waals surface area (Å²) < 4.78 is 0. The van der Waals surface area contributed by atoms with Gasteiger partial charge >= 0.3 is 29.8 Å². The maximum absolute atomic E-state index is 13.7. The lowest BCUT2D eigenvalue weighted by molar-refractivity contribution is -0.144. The molecule has 0 spiro atoms. The van der Waals surface area contributed by atoms with Crippen LogP contribution in [0.5, 0.6) is 0 Å². The van der Waals surface area contributed by atoms with Crippen molar-refractivity contribution in [1.82, 2.24) is 51.8 Å². The average molecular weight is 1060 g/mol. The number of benzene rings is 1. The summed E-state index contributed by atoms with van der Waals surface area (Å²) in [5.41, 5.74) is 16.5. The molecule has 32 nitrogen and oxygen atoms in total. The minimum Gasteiger partial charge on any atom is -0.481 e. The van der Waals surface area contributed by atoms with Crippen molar-refractivity contribution in [2.45, 2.75) is 94.2 Å². The van der Waals surface area contributed by atoms with Crippen molar-refractivity contribution in [3.8, 4) is 0 Å². The van der Waals surface area contributed by atoms with Crippen molar-refractivity contribution in [1.29, 1.82) is 0 Å². The first-order valence-electron chi connectivity index (χ1n) is 21.8. The van der Waals surface area contributed by atoms with Crippen molar-refractivity contribution < 1.29 is 78.3 Å². The molecular weight excluding hydrogens is 1010 g/mol. The summed E-state index contributed by atoms with van der Waals surface area (Å²) in [6.07, 6.45) is -3.95. The van der Waals surface area contributed by atoms with Crippen LogP contribution in [0.4, 0.5) is 11.6 Å². The highest BCUT2D eigenvalue weighted by molar-refractivity contribution is 7.80. The van der Waals surface area contributed by atoms with Gasteiger partial charge in [-0.15, -0.1) is 0 Å². The number of thiol groups is 1. The molecule has 3 rings (SSSR count). The third-order valence-corrected chi connectivity index (χ3v) is 10.4. The minimum absolute atomic E-state index is 0.00881. The fraction of sp³-hybridized carbons (Fsp3) is 0.415. The molecule has 33 heteroatoms. The maximum Gasteiger partial charge on any atom is 0.327 e. The fourth-order valence-corrected chi connectivity index (χ4v) is 6.63. The van der Waals surface area contributed by atoms with Crippen LogP contribution in [0.3, 0.4) is 0 Å². The quantitative estimate of drug-likeness (QED) is 0.0124. The largest absolute Gasteiger partial charge is 0.481 e. The van der Waals surface area contributed by atoms with Crippen LogP contribution in [0.2, 0.25) is 0 Å². The minimum atomic E-state index is -2.08. The molecule has 2 heterocycles. The average Bonchev–Trinajstić information content (AvgIpc) is 3.32. The molecule has 0 aliphatic carbocycles. The lowest BCUT2D eigenvalue weighted by Crippen LogP contribution is -2.59. The van der Waals surface area contributed by atoms with E-state index in [1.165, 1.54) is 30.5 Å². The molecule has 6 amide bonds. The standard InChI is InChI=1S/C41H53N15O17S/c42-40(43)45-11-1-2-20(33(65)52-23(12-28(60)61)35(67)53-24(13-29(62)63)36(68)54-25(16-74)39(72)73)50-34(66)21(8-10-27(58)59)49-26(57)9-7-22(38(70)71)51-32(64)17-3-5-18(6-4-17)46-14-19-15-47-31-30(48-19)37(69)56-41(44)55-31/h3-6,15,20-25,46,74H,1-2,7-14,16H2,(H,49,57)(H,50,66)(H,51,64)(H,52,65)(H,53,67)(H,54,68)(H,58,59)(H,60,61)(H,62,63)(H,70,71)(H,72,73)(H4,42,43,45)(H3,44,47,55,56,69)/t20-,21-,22-,23-,24-,25-/m0/s1. The zero-order valence-corrected chi connectivity index (χ0v) is 39.6. The number of aliphatic imine (C=N–C) groups is 1. The van der Waals surface area contributed by atoms with E-state index in [9.17, 15) is 83.1 Å². The number of anilines is 2. The first-order valence-corrected chi connectivity index (χ1v) is 22.4. The third-order valence-electron chi connectivity index (χ3n) is 10.1. The number of hydrogen-bond acceptors (Lipinski definition) is 19. The topological polar surface area (TPSA) is 535 Å². The number of nitrogens with two attached hydrogens (primary N) is 3. The Balaban J connectivity index is 1.73. The molecule has 1 aromatic carbocycles. The van der Waals surface area contributed by atoms with E-state index in [0.717, 1.165) is 0 Å². The Morgan fingerprint density at radius 1 is 0.649 bits per heavy atom. The lowest BCUT2D eigenvalue weighted by atomic mass is 10.1. The van der Waals surface area contributed by atoms with E-state index in [-0.39, 0.29) is 54.6 Å². The Morgan fingerprint density at radius 3 is 1.70 bits per heavy atom. The number of carbonyl (C=O) groups is 11. The van der Waals surface area contributed by atoms with E-state index >= 15 is 0 Å². The van der Waals surface area contributed by atoms with Crippen molar-refractivity contribution in [2.75, 3.05) is 23.3 Å². The number of guanidine groups is 1. The molecule has 19 N–H and O–H groups in total. The number of nitrogens with zero attached hydrogens (tertiary/aromatic N) is 4. The smallest absolute Gasteiger partial charge is 0.327 e. The van der Waals surface area contributed by atoms with E-state index in [1.54, 1.807) is 0 Å². The van der Waals surface area contributed by atoms with Crippen molar-refractivity contribution in [2.24, 2.45) is 16.5 Å². The third kappa shape index (κ3) is 19.9. The molecule has 0 saturated carbocycles. The van der Waals surface area contributed by atoms with Gasteiger partial charge in [0.25, 0.3) is 11.5 Å². The zero-order valence-electron chi connectivity index (χ0n) is 38.7. The highest BCUT2D eigenvalue weighted by atomic mass is 32.1. The van der Waals surface area contributed by atoms with Crippen LogP contribution in [0.25, 0.3) is 11.2 Å². The molecule has 6 atom stereocenters. The number of nitrogens with one attached hydrogen (secondary N) is 8. The van der Waals surface area contributed by atoms with E-state index in [4.69, 9.17) is 17.2 Å². The van der Waals surface area contributed by atoms with Crippen LogP contribution >= 0.6 is 12.6 Å². The Morgan fingerprint density at radius 2 is 1.18 bits per heavy atom. The Bertz CT molecular complexity index is 2680. The van der Waals surface area contributed by atoms with E-state index in [1.807, 2.05) is 10.6 Å². The number of rotatable bonds is 31. The summed E-state index contributed by atoms with van der Waals surface area (Å²) in [6.45, 7) is -0.0595. The number of aromatic amines is 1. The number of amides is 6. The second-order valence-corrected chi connectivity index (χ2v) is 16.1. The fourth-order valence-electron chi connectivity index (χ4n) is 6.38. The van der Waals surface area contributed by atoms with Crippen LogP contribution in [0.1, 0.15) is 67.4 Å². The van der Waals surface area contributed by atoms with Crippen molar-refractivity contribution >= 4 is 107 Å². The number of H-pyrrole nitrogens is 1. The van der Waals surface area contributed by atoms with Gasteiger partial charge in [0, 0.05) is 36.4 Å². The van der Waals surface area contributed by atoms with E-state index < -0.39 is 151 Å². The summed E-state index contributed by atoms with van der Waals surface area (Å²) in [5.74, 6) is -15.9. The molecular formula is C41H53N15O17S. The van der Waals surface area contributed by atoms with Crippen molar-refractivity contribution in [3.05, 3.63) is 52.1 Å². The lowest BCUT2D eigenvalue weighted by Gasteiger charge is -2.26. The molecule has 2 aromatic heterocycles. The van der Waals surface area contributed by atoms with Crippen LogP contribution in [-0.4, -0.2) is 165 Å². The molecule has 0 aliphatic heterocycles. The van der Waals surface area contributed by atoms with Gasteiger partial charge in [-0.3, -0.25) is 57.9 Å². The summed E-state index contributed by atoms with van der Waals surface area (Å²) in [6, 6.07) is -5.16. The number of carboxylic acid groups (broad SMARTS) is 5. The maximum atomic E-state index is 13.7.